The Labute approximate surface area is 92.5 Å². The van der Waals surface area contributed by atoms with Crippen LogP contribution in [0.3, 0.4) is 0 Å². The Bertz CT molecular complexity index is 209. The van der Waals surface area contributed by atoms with Crippen molar-refractivity contribution in [3.8, 4) is 0 Å². The molecule has 0 saturated carbocycles. The molecule has 0 rings (SSSR count). The summed E-state index contributed by atoms with van der Waals surface area (Å²) in [5, 5.41) is 4.99. The zero-order valence-corrected chi connectivity index (χ0v) is 9.36. The second-order valence-electron chi connectivity index (χ2n) is 3.46. The molecule has 1 atom stereocenters. The van der Waals surface area contributed by atoms with Crippen LogP contribution in [0.15, 0.2) is 0 Å². The summed E-state index contributed by atoms with van der Waals surface area (Å²) in [5.41, 5.74) is 0. The molecule has 0 aromatic rings. The second kappa shape index (κ2) is 7.45. The van der Waals surface area contributed by atoms with Crippen molar-refractivity contribution in [1.29, 1.82) is 0 Å². The Morgan fingerprint density at radius 2 is 2.06 bits per heavy atom. The third-order valence-corrected chi connectivity index (χ3v) is 1.71. The van der Waals surface area contributed by atoms with Crippen LogP contribution in [-0.4, -0.2) is 44.9 Å². The van der Waals surface area contributed by atoms with E-state index in [9.17, 15) is 18.0 Å². The lowest BCUT2D eigenvalue weighted by molar-refractivity contribution is -0.141. The second-order valence-corrected chi connectivity index (χ2v) is 3.46. The Balaban J connectivity index is 3.62. The molecule has 0 aliphatic carbocycles. The maximum Gasteiger partial charge on any atom is 0.391 e. The van der Waals surface area contributed by atoms with Gasteiger partial charge in [-0.3, -0.25) is 4.79 Å². The molecule has 0 saturated heterocycles. The van der Waals surface area contributed by atoms with Crippen molar-refractivity contribution in [2.75, 3.05) is 26.8 Å². The summed E-state index contributed by atoms with van der Waals surface area (Å²) >= 11 is 0. The van der Waals surface area contributed by atoms with Crippen LogP contribution in [-0.2, 0) is 9.53 Å². The topological polar surface area (TPSA) is 50.4 Å². The van der Waals surface area contributed by atoms with Gasteiger partial charge in [0.05, 0.1) is 19.6 Å². The average Bonchev–Trinajstić information content (AvgIpc) is 2.09. The number of alkyl halides is 3. The van der Waals surface area contributed by atoms with E-state index in [0.29, 0.717) is 13.2 Å². The van der Waals surface area contributed by atoms with Crippen molar-refractivity contribution in [2.45, 2.75) is 25.6 Å². The zero-order valence-electron chi connectivity index (χ0n) is 9.36. The van der Waals surface area contributed by atoms with Crippen LogP contribution in [0.2, 0.25) is 0 Å². The summed E-state index contributed by atoms with van der Waals surface area (Å²) in [6.07, 6.45) is -5.27. The fourth-order valence-electron chi connectivity index (χ4n) is 1.10. The molecule has 0 aromatic carbocycles. The average molecular weight is 242 g/mol. The van der Waals surface area contributed by atoms with Gasteiger partial charge in [-0.2, -0.15) is 13.2 Å². The monoisotopic (exact) mass is 242 g/mol. The lowest BCUT2D eigenvalue weighted by Crippen LogP contribution is -2.41. The molecule has 0 bridgehead atoms. The van der Waals surface area contributed by atoms with Crippen molar-refractivity contribution >= 4 is 5.91 Å². The molecule has 0 aliphatic rings. The first-order valence-electron chi connectivity index (χ1n) is 4.91. The number of nitrogens with one attached hydrogen (secondary N) is 2. The molecule has 0 heterocycles. The smallest absolute Gasteiger partial charge is 0.383 e. The van der Waals surface area contributed by atoms with Gasteiger partial charge in [0.25, 0.3) is 0 Å². The number of methoxy groups -OCH3 is 1. The highest BCUT2D eigenvalue weighted by atomic mass is 19.4. The summed E-state index contributed by atoms with van der Waals surface area (Å²) in [6.45, 7) is 2.25. The number of hydrogen-bond donors (Lipinski definition) is 2. The van der Waals surface area contributed by atoms with E-state index in [4.69, 9.17) is 4.74 Å². The summed E-state index contributed by atoms with van der Waals surface area (Å²) in [6, 6.07) is -0.906. The minimum atomic E-state index is -4.25. The molecule has 96 valence electrons. The molecular weight excluding hydrogens is 225 g/mol. The van der Waals surface area contributed by atoms with Crippen LogP contribution >= 0.6 is 0 Å². The van der Waals surface area contributed by atoms with Gasteiger partial charge < -0.3 is 15.4 Å². The molecular formula is C9H17F3N2O2. The van der Waals surface area contributed by atoms with E-state index in [2.05, 4.69) is 10.6 Å². The van der Waals surface area contributed by atoms with Gasteiger partial charge in [0.15, 0.2) is 0 Å². The standard InChI is InChI=1S/C9H17F3N2O2/c1-7(5-9(10,11)12)14-8(15)6-13-3-4-16-2/h7,13H,3-6H2,1-2H3,(H,14,15). The number of halogens is 3. The fourth-order valence-corrected chi connectivity index (χ4v) is 1.10. The third-order valence-electron chi connectivity index (χ3n) is 1.71. The van der Waals surface area contributed by atoms with Crippen LogP contribution in [0.1, 0.15) is 13.3 Å². The van der Waals surface area contributed by atoms with Gasteiger partial charge in [-0.1, -0.05) is 0 Å². The molecule has 16 heavy (non-hydrogen) atoms. The lowest BCUT2D eigenvalue weighted by atomic mass is 10.2. The maximum absolute atomic E-state index is 11.9. The number of amides is 1. The van der Waals surface area contributed by atoms with Crippen molar-refractivity contribution in [2.24, 2.45) is 0 Å². The van der Waals surface area contributed by atoms with E-state index < -0.39 is 24.5 Å². The molecule has 0 aromatic heterocycles. The summed E-state index contributed by atoms with van der Waals surface area (Å²) < 4.78 is 40.5. The van der Waals surface area contributed by atoms with E-state index in [0.717, 1.165) is 0 Å². The van der Waals surface area contributed by atoms with Crippen LogP contribution in [0, 0.1) is 0 Å². The summed E-state index contributed by atoms with van der Waals surface area (Å²) in [4.78, 5) is 11.1. The van der Waals surface area contributed by atoms with Crippen LogP contribution in [0.4, 0.5) is 13.2 Å². The Morgan fingerprint density at radius 3 is 2.56 bits per heavy atom. The van der Waals surface area contributed by atoms with Gasteiger partial charge in [0.2, 0.25) is 5.91 Å². The molecule has 0 radical (unpaired) electrons. The number of carbonyl (C=O) groups excluding carboxylic acids is 1. The first-order chi connectivity index (χ1) is 7.35. The highest BCUT2D eigenvalue weighted by molar-refractivity contribution is 5.78. The predicted molar refractivity (Wildman–Crippen MR) is 53.0 cm³/mol. The van der Waals surface area contributed by atoms with Gasteiger partial charge >= 0.3 is 6.18 Å². The van der Waals surface area contributed by atoms with Crippen molar-refractivity contribution in [3.63, 3.8) is 0 Å². The zero-order chi connectivity index (χ0) is 12.6. The Kier molecular flexibility index (Phi) is 7.07. The van der Waals surface area contributed by atoms with Crippen molar-refractivity contribution < 1.29 is 22.7 Å². The van der Waals surface area contributed by atoms with E-state index >= 15 is 0 Å². The molecule has 0 spiro atoms. The largest absolute Gasteiger partial charge is 0.391 e. The number of rotatable bonds is 7. The van der Waals surface area contributed by atoms with Crippen molar-refractivity contribution in [1.82, 2.24) is 10.6 Å². The highest BCUT2D eigenvalue weighted by Gasteiger charge is 2.30. The highest BCUT2D eigenvalue weighted by Crippen LogP contribution is 2.21. The van der Waals surface area contributed by atoms with Gasteiger partial charge in [-0.25, -0.2) is 0 Å². The SMILES string of the molecule is COCCNCC(=O)NC(C)CC(F)(F)F. The lowest BCUT2D eigenvalue weighted by Gasteiger charge is -2.15. The van der Waals surface area contributed by atoms with E-state index in [1.165, 1.54) is 14.0 Å². The third kappa shape index (κ3) is 9.72. The van der Waals surface area contributed by atoms with Crippen molar-refractivity contribution in [3.05, 3.63) is 0 Å². The molecule has 0 fully saturated rings. The van der Waals surface area contributed by atoms with Gasteiger partial charge in [0.1, 0.15) is 0 Å². The first-order valence-corrected chi connectivity index (χ1v) is 4.91. The van der Waals surface area contributed by atoms with Crippen LogP contribution in [0.25, 0.3) is 0 Å². The molecule has 2 N–H and O–H groups in total. The molecule has 1 amide bonds. The number of hydrogen-bond acceptors (Lipinski definition) is 3. The first kappa shape index (κ1) is 15.2. The van der Waals surface area contributed by atoms with E-state index in [1.807, 2.05) is 0 Å². The normalized spacial score (nSPS) is 13.6. The molecule has 7 heteroatoms. The number of ether oxygens (including phenoxy) is 1. The van der Waals surface area contributed by atoms with Gasteiger partial charge in [-0.05, 0) is 6.92 Å². The quantitative estimate of drug-likeness (QED) is 0.645. The molecule has 1 unspecified atom stereocenters. The van der Waals surface area contributed by atoms with Gasteiger partial charge in [-0.15, -0.1) is 0 Å². The molecule has 0 aliphatic heterocycles. The van der Waals surface area contributed by atoms with Crippen LogP contribution in [0.5, 0.6) is 0 Å². The predicted octanol–water partition coefficient (Wildman–Crippen LogP) is 0.679. The summed E-state index contributed by atoms with van der Waals surface area (Å²) in [7, 11) is 1.52. The van der Waals surface area contributed by atoms with E-state index in [-0.39, 0.29) is 6.54 Å². The minimum absolute atomic E-state index is 0.00838. The molecule has 4 nitrogen and oxygen atoms in total. The minimum Gasteiger partial charge on any atom is -0.383 e. The Morgan fingerprint density at radius 1 is 1.44 bits per heavy atom. The Hall–Kier alpha value is -0.820. The van der Waals surface area contributed by atoms with Crippen LogP contribution < -0.4 is 10.6 Å². The van der Waals surface area contributed by atoms with E-state index in [1.54, 1.807) is 0 Å². The number of carbonyl (C=O) groups is 1. The summed E-state index contributed by atoms with van der Waals surface area (Å²) in [5.74, 6) is -0.451. The maximum atomic E-state index is 11.9. The van der Waals surface area contributed by atoms with Gasteiger partial charge in [0, 0.05) is 19.7 Å². The fraction of sp³-hybridized carbons (Fsp3) is 0.889.